The molecule has 92 valence electrons. The van der Waals surface area contributed by atoms with E-state index in [0.29, 0.717) is 5.92 Å². The Bertz CT molecular complexity index is 120. The molecule has 0 aromatic carbocycles. The SMILES string of the molecule is CCCCCC(CC)C(OCC)OCC. The van der Waals surface area contributed by atoms with Crippen molar-refractivity contribution in [2.45, 2.75) is 66.1 Å². The van der Waals surface area contributed by atoms with Gasteiger partial charge in [-0.05, 0) is 26.7 Å². The third-order valence-corrected chi connectivity index (χ3v) is 2.75. The van der Waals surface area contributed by atoms with Gasteiger partial charge >= 0.3 is 0 Å². The minimum atomic E-state index is 0.0156. The van der Waals surface area contributed by atoms with Crippen molar-refractivity contribution in [3.05, 3.63) is 0 Å². The van der Waals surface area contributed by atoms with Gasteiger partial charge in [0.05, 0.1) is 0 Å². The summed E-state index contributed by atoms with van der Waals surface area (Å²) in [5, 5.41) is 0. The molecule has 0 radical (unpaired) electrons. The van der Waals surface area contributed by atoms with Gasteiger partial charge in [-0.1, -0.05) is 33.1 Å². The third-order valence-electron chi connectivity index (χ3n) is 2.75. The second kappa shape index (κ2) is 10.4. The number of rotatable bonds is 10. The highest BCUT2D eigenvalue weighted by Gasteiger charge is 2.19. The number of hydrogen-bond donors (Lipinski definition) is 0. The molecule has 0 spiro atoms. The van der Waals surface area contributed by atoms with Crippen LogP contribution in [-0.2, 0) is 9.47 Å². The van der Waals surface area contributed by atoms with Crippen LogP contribution >= 0.6 is 0 Å². The summed E-state index contributed by atoms with van der Waals surface area (Å²) in [6.45, 7) is 10.0. The molecule has 0 amide bonds. The Morgan fingerprint density at radius 1 is 0.867 bits per heavy atom. The molecule has 0 aromatic heterocycles. The van der Waals surface area contributed by atoms with Crippen molar-refractivity contribution in [1.29, 1.82) is 0 Å². The fraction of sp³-hybridized carbons (Fsp3) is 1.00. The molecule has 2 heteroatoms. The quantitative estimate of drug-likeness (QED) is 0.406. The van der Waals surface area contributed by atoms with Crippen LogP contribution < -0.4 is 0 Å². The van der Waals surface area contributed by atoms with E-state index in [-0.39, 0.29) is 6.29 Å². The lowest BCUT2D eigenvalue weighted by atomic mass is 9.98. The molecule has 1 unspecified atom stereocenters. The van der Waals surface area contributed by atoms with Gasteiger partial charge in [0, 0.05) is 19.1 Å². The zero-order valence-corrected chi connectivity index (χ0v) is 10.9. The molecule has 0 rings (SSSR count). The molecular weight excluding hydrogens is 188 g/mol. The first-order valence-corrected chi connectivity index (χ1v) is 6.53. The van der Waals surface area contributed by atoms with Gasteiger partial charge in [0.15, 0.2) is 6.29 Å². The van der Waals surface area contributed by atoms with Gasteiger partial charge in [-0.2, -0.15) is 0 Å². The minimum absolute atomic E-state index is 0.0156. The first-order chi connectivity index (χ1) is 7.29. The zero-order valence-electron chi connectivity index (χ0n) is 10.9. The molecule has 15 heavy (non-hydrogen) atoms. The predicted octanol–water partition coefficient (Wildman–Crippen LogP) is 3.99. The average molecular weight is 216 g/mol. The average Bonchev–Trinajstić information content (AvgIpc) is 2.24. The predicted molar refractivity (Wildman–Crippen MR) is 65.0 cm³/mol. The van der Waals surface area contributed by atoms with Crippen LogP contribution in [-0.4, -0.2) is 19.5 Å². The summed E-state index contributed by atoms with van der Waals surface area (Å²) in [5.74, 6) is 0.566. The highest BCUT2D eigenvalue weighted by molar-refractivity contribution is 4.62. The Hall–Kier alpha value is -0.0800. The standard InChI is InChI=1S/C13H28O2/c1-5-9-10-11-12(6-2)13(14-7-3)15-8-4/h12-13H,5-11H2,1-4H3. The fourth-order valence-electron chi connectivity index (χ4n) is 1.84. The first kappa shape index (κ1) is 14.9. The highest BCUT2D eigenvalue weighted by atomic mass is 16.7. The Kier molecular flexibility index (Phi) is 10.4. The van der Waals surface area contributed by atoms with Crippen molar-refractivity contribution >= 4 is 0 Å². The molecule has 2 nitrogen and oxygen atoms in total. The van der Waals surface area contributed by atoms with Crippen molar-refractivity contribution < 1.29 is 9.47 Å². The van der Waals surface area contributed by atoms with E-state index in [1.165, 1.54) is 25.7 Å². The van der Waals surface area contributed by atoms with E-state index in [9.17, 15) is 0 Å². The van der Waals surface area contributed by atoms with Gasteiger partial charge in [0.1, 0.15) is 0 Å². The van der Waals surface area contributed by atoms with Crippen molar-refractivity contribution in [3.63, 3.8) is 0 Å². The van der Waals surface area contributed by atoms with E-state index < -0.39 is 0 Å². The van der Waals surface area contributed by atoms with E-state index >= 15 is 0 Å². The molecular formula is C13H28O2. The molecule has 0 aliphatic rings. The fourth-order valence-corrected chi connectivity index (χ4v) is 1.84. The third kappa shape index (κ3) is 6.91. The number of ether oxygens (including phenoxy) is 2. The summed E-state index contributed by atoms with van der Waals surface area (Å²) in [4.78, 5) is 0. The second-order valence-electron chi connectivity index (χ2n) is 3.94. The van der Waals surface area contributed by atoms with Gasteiger partial charge in [0.25, 0.3) is 0 Å². The molecule has 0 bridgehead atoms. The zero-order chi connectivity index (χ0) is 11.5. The molecule has 0 saturated heterocycles. The van der Waals surface area contributed by atoms with Crippen LogP contribution in [0.2, 0.25) is 0 Å². The maximum Gasteiger partial charge on any atom is 0.160 e. The summed E-state index contributed by atoms with van der Waals surface area (Å²) >= 11 is 0. The monoisotopic (exact) mass is 216 g/mol. The van der Waals surface area contributed by atoms with Gasteiger partial charge in [0.2, 0.25) is 0 Å². The Labute approximate surface area is 95.3 Å². The molecule has 0 N–H and O–H groups in total. The second-order valence-corrected chi connectivity index (χ2v) is 3.94. The Balaban J connectivity index is 3.93. The lowest BCUT2D eigenvalue weighted by Gasteiger charge is -2.25. The van der Waals surface area contributed by atoms with Crippen molar-refractivity contribution in [2.24, 2.45) is 5.92 Å². The van der Waals surface area contributed by atoms with Crippen LogP contribution in [0.25, 0.3) is 0 Å². The number of unbranched alkanes of at least 4 members (excludes halogenated alkanes) is 2. The molecule has 1 atom stereocenters. The van der Waals surface area contributed by atoms with E-state index in [1.807, 2.05) is 13.8 Å². The van der Waals surface area contributed by atoms with Crippen LogP contribution in [0.5, 0.6) is 0 Å². The lowest BCUT2D eigenvalue weighted by molar-refractivity contribution is -0.169. The Morgan fingerprint density at radius 2 is 1.47 bits per heavy atom. The van der Waals surface area contributed by atoms with Crippen LogP contribution in [0.15, 0.2) is 0 Å². The molecule has 0 fully saturated rings. The molecule has 0 aliphatic heterocycles. The lowest BCUT2D eigenvalue weighted by Crippen LogP contribution is -2.27. The summed E-state index contributed by atoms with van der Waals surface area (Å²) < 4.78 is 11.3. The summed E-state index contributed by atoms with van der Waals surface area (Å²) in [6, 6.07) is 0. The van der Waals surface area contributed by atoms with E-state index in [4.69, 9.17) is 9.47 Å². The van der Waals surface area contributed by atoms with Crippen molar-refractivity contribution in [2.75, 3.05) is 13.2 Å². The minimum Gasteiger partial charge on any atom is -0.353 e. The Morgan fingerprint density at radius 3 is 1.87 bits per heavy atom. The van der Waals surface area contributed by atoms with E-state index in [1.54, 1.807) is 0 Å². The first-order valence-electron chi connectivity index (χ1n) is 6.53. The van der Waals surface area contributed by atoms with Crippen LogP contribution in [0, 0.1) is 5.92 Å². The molecule has 0 aromatic rings. The van der Waals surface area contributed by atoms with Crippen molar-refractivity contribution in [3.8, 4) is 0 Å². The smallest absolute Gasteiger partial charge is 0.160 e. The molecule has 0 heterocycles. The topological polar surface area (TPSA) is 18.5 Å². The van der Waals surface area contributed by atoms with Crippen LogP contribution in [0.4, 0.5) is 0 Å². The van der Waals surface area contributed by atoms with Gasteiger partial charge < -0.3 is 9.47 Å². The van der Waals surface area contributed by atoms with Crippen LogP contribution in [0.1, 0.15) is 59.8 Å². The summed E-state index contributed by atoms with van der Waals surface area (Å²) in [6.07, 6.45) is 6.29. The summed E-state index contributed by atoms with van der Waals surface area (Å²) in [5.41, 5.74) is 0. The molecule has 0 saturated carbocycles. The van der Waals surface area contributed by atoms with Crippen molar-refractivity contribution in [1.82, 2.24) is 0 Å². The van der Waals surface area contributed by atoms with Gasteiger partial charge in [-0.15, -0.1) is 0 Å². The van der Waals surface area contributed by atoms with E-state index in [2.05, 4.69) is 13.8 Å². The largest absolute Gasteiger partial charge is 0.353 e. The van der Waals surface area contributed by atoms with E-state index in [0.717, 1.165) is 19.6 Å². The highest BCUT2D eigenvalue weighted by Crippen LogP contribution is 2.21. The normalized spacial score (nSPS) is 13.4. The maximum absolute atomic E-state index is 5.64. The van der Waals surface area contributed by atoms with Gasteiger partial charge in [-0.25, -0.2) is 0 Å². The number of hydrogen-bond acceptors (Lipinski definition) is 2. The van der Waals surface area contributed by atoms with Crippen LogP contribution in [0.3, 0.4) is 0 Å². The summed E-state index contributed by atoms with van der Waals surface area (Å²) in [7, 11) is 0. The maximum atomic E-state index is 5.64. The molecule has 0 aliphatic carbocycles. The van der Waals surface area contributed by atoms with Gasteiger partial charge in [-0.3, -0.25) is 0 Å².